The SMILES string of the molecule is Cc1noc(C)c1Cc1c(C(=O)N[C@H](Cc2ccsc2)c2cccnc2)noc1C. The smallest absolute Gasteiger partial charge is 0.274 e. The molecule has 0 aliphatic heterocycles. The molecule has 1 atom stereocenters. The van der Waals surface area contributed by atoms with Gasteiger partial charge in [-0.2, -0.15) is 11.3 Å². The van der Waals surface area contributed by atoms with Crippen LogP contribution >= 0.6 is 11.3 Å². The lowest BCUT2D eigenvalue weighted by atomic mass is 10.00. The second-order valence-electron chi connectivity index (χ2n) is 7.19. The summed E-state index contributed by atoms with van der Waals surface area (Å²) < 4.78 is 10.6. The Kier molecular flexibility index (Phi) is 5.76. The first-order valence-corrected chi connectivity index (χ1v) is 10.6. The normalized spacial score (nSPS) is 12.1. The van der Waals surface area contributed by atoms with E-state index in [-0.39, 0.29) is 17.6 Å². The van der Waals surface area contributed by atoms with Gasteiger partial charge in [0, 0.05) is 29.9 Å². The Labute approximate surface area is 178 Å². The average Bonchev–Trinajstić information content (AvgIpc) is 3.46. The minimum Gasteiger partial charge on any atom is -0.361 e. The van der Waals surface area contributed by atoms with Crippen molar-refractivity contribution < 1.29 is 13.8 Å². The van der Waals surface area contributed by atoms with Crippen molar-refractivity contribution in [1.82, 2.24) is 20.6 Å². The van der Waals surface area contributed by atoms with E-state index in [9.17, 15) is 4.79 Å². The van der Waals surface area contributed by atoms with Gasteiger partial charge < -0.3 is 14.4 Å². The molecule has 7 nitrogen and oxygen atoms in total. The minimum absolute atomic E-state index is 0.232. The van der Waals surface area contributed by atoms with Gasteiger partial charge in [-0.25, -0.2) is 0 Å². The summed E-state index contributed by atoms with van der Waals surface area (Å²) >= 11 is 1.63. The number of carbonyl (C=O) groups excluding carboxylic acids is 1. The fraction of sp³-hybridized carbons (Fsp3) is 0.273. The zero-order valence-corrected chi connectivity index (χ0v) is 17.8. The van der Waals surface area contributed by atoms with E-state index < -0.39 is 0 Å². The van der Waals surface area contributed by atoms with Crippen molar-refractivity contribution in [3.8, 4) is 0 Å². The third-order valence-corrected chi connectivity index (χ3v) is 5.88. The van der Waals surface area contributed by atoms with Gasteiger partial charge in [0.05, 0.1) is 11.7 Å². The van der Waals surface area contributed by atoms with Crippen molar-refractivity contribution in [1.29, 1.82) is 0 Å². The molecule has 1 N–H and O–H groups in total. The van der Waals surface area contributed by atoms with Crippen LogP contribution < -0.4 is 5.32 Å². The first-order valence-electron chi connectivity index (χ1n) is 9.61. The van der Waals surface area contributed by atoms with E-state index in [4.69, 9.17) is 9.05 Å². The Morgan fingerprint density at radius 3 is 2.60 bits per heavy atom. The van der Waals surface area contributed by atoms with E-state index in [2.05, 4.69) is 32.1 Å². The molecule has 0 spiro atoms. The third-order valence-electron chi connectivity index (χ3n) is 5.15. The number of amides is 1. The molecule has 4 aromatic heterocycles. The van der Waals surface area contributed by atoms with E-state index >= 15 is 0 Å². The van der Waals surface area contributed by atoms with Gasteiger partial charge in [0.25, 0.3) is 5.91 Å². The van der Waals surface area contributed by atoms with Crippen LogP contribution in [-0.2, 0) is 12.8 Å². The maximum absolute atomic E-state index is 13.2. The molecule has 0 saturated heterocycles. The Hall–Kier alpha value is -3.26. The number of hydrogen-bond acceptors (Lipinski definition) is 7. The number of aromatic nitrogens is 3. The standard InChI is InChI=1S/C22H22N4O3S/c1-13-18(14(2)28-25-13)10-19-15(3)29-26-21(19)22(27)24-20(9-16-6-8-30-12-16)17-5-4-7-23-11-17/h4-8,11-12,20H,9-10H2,1-3H3,(H,24,27)/t20-/m1/s1. The number of aryl methyl sites for hydroxylation is 3. The van der Waals surface area contributed by atoms with Crippen molar-refractivity contribution in [2.24, 2.45) is 0 Å². The molecular weight excluding hydrogens is 400 g/mol. The van der Waals surface area contributed by atoms with Gasteiger partial charge in [-0.1, -0.05) is 16.4 Å². The number of nitrogens with one attached hydrogen (secondary N) is 1. The lowest BCUT2D eigenvalue weighted by Gasteiger charge is -2.18. The summed E-state index contributed by atoms with van der Waals surface area (Å²) in [5.41, 5.74) is 4.85. The molecule has 0 unspecified atom stereocenters. The molecular formula is C22H22N4O3S. The lowest BCUT2D eigenvalue weighted by molar-refractivity contribution is 0.0926. The lowest BCUT2D eigenvalue weighted by Crippen LogP contribution is -2.31. The van der Waals surface area contributed by atoms with E-state index in [0.29, 0.717) is 18.6 Å². The molecule has 0 radical (unpaired) electrons. The van der Waals surface area contributed by atoms with Crippen LogP contribution in [0.2, 0.25) is 0 Å². The second kappa shape index (κ2) is 8.62. The molecule has 8 heteroatoms. The van der Waals surface area contributed by atoms with Crippen molar-refractivity contribution in [2.75, 3.05) is 0 Å². The van der Waals surface area contributed by atoms with Gasteiger partial charge in [0.1, 0.15) is 11.5 Å². The fourth-order valence-electron chi connectivity index (χ4n) is 3.41. The molecule has 0 bridgehead atoms. The number of hydrogen-bond donors (Lipinski definition) is 1. The average molecular weight is 423 g/mol. The molecule has 0 aromatic carbocycles. The van der Waals surface area contributed by atoms with Crippen LogP contribution in [0, 0.1) is 20.8 Å². The molecule has 0 aliphatic rings. The van der Waals surface area contributed by atoms with Crippen LogP contribution in [0.15, 0.2) is 50.4 Å². The predicted octanol–water partition coefficient (Wildman–Crippen LogP) is 4.35. The van der Waals surface area contributed by atoms with Crippen LogP contribution in [0.3, 0.4) is 0 Å². The quantitative estimate of drug-likeness (QED) is 0.476. The summed E-state index contributed by atoms with van der Waals surface area (Å²) in [5.74, 6) is 1.05. The van der Waals surface area contributed by atoms with Crippen LogP contribution in [0.4, 0.5) is 0 Å². The number of rotatable bonds is 7. The van der Waals surface area contributed by atoms with Crippen LogP contribution in [0.1, 0.15) is 56.0 Å². The van der Waals surface area contributed by atoms with Gasteiger partial charge >= 0.3 is 0 Å². The summed E-state index contributed by atoms with van der Waals surface area (Å²) in [6.45, 7) is 5.55. The van der Waals surface area contributed by atoms with Crippen molar-refractivity contribution in [3.63, 3.8) is 0 Å². The summed E-state index contributed by atoms with van der Waals surface area (Å²) in [6, 6.07) is 5.65. The zero-order chi connectivity index (χ0) is 21.1. The monoisotopic (exact) mass is 422 g/mol. The maximum atomic E-state index is 13.2. The molecule has 0 aliphatic carbocycles. The van der Waals surface area contributed by atoms with Crippen molar-refractivity contribution in [3.05, 3.63) is 86.5 Å². The summed E-state index contributed by atoms with van der Waals surface area (Å²) in [4.78, 5) is 17.4. The number of nitrogens with zero attached hydrogens (tertiary/aromatic N) is 3. The summed E-state index contributed by atoms with van der Waals surface area (Å²) in [7, 11) is 0. The zero-order valence-electron chi connectivity index (χ0n) is 17.0. The van der Waals surface area contributed by atoms with Crippen LogP contribution in [0.25, 0.3) is 0 Å². The number of thiophene rings is 1. The first kappa shape index (κ1) is 20.0. The van der Waals surface area contributed by atoms with E-state index in [0.717, 1.165) is 33.7 Å². The van der Waals surface area contributed by atoms with Gasteiger partial charge in [0.15, 0.2) is 5.69 Å². The van der Waals surface area contributed by atoms with E-state index in [1.165, 1.54) is 0 Å². The van der Waals surface area contributed by atoms with Gasteiger partial charge in [-0.05, 0) is 61.2 Å². The van der Waals surface area contributed by atoms with Crippen LogP contribution in [-0.4, -0.2) is 21.2 Å². The molecule has 4 heterocycles. The molecule has 0 fully saturated rings. The Balaban J connectivity index is 1.60. The summed E-state index contributed by atoms with van der Waals surface area (Å²) in [6.07, 6.45) is 4.63. The third kappa shape index (κ3) is 4.18. The fourth-order valence-corrected chi connectivity index (χ4v) is 4.10. The van der Waals surface area contributed by atoms with Gasteiger partial charge in [-0.3, -0.25) is 9.78 Å². The molecule has 154 valence electrons. The van der Waals surface area contributed by atoms with Crippen LogP contribution in [0.5, 0.6) is 0 Å². The molecule has 30 heavy (non-hydrogen) atoms. The second-order valence-corrected chi connectivity index (χ2v) is 7.97. The van der Waals surface area contributed by atoms with E-state index in [1.54, 1.807) is 30.7 Å². The maximum Gasteiger partial charge on any atom is 0.274 e. The Morgan fingerprint density at radius 2 is 1.93 bits per heavy atom. The largest absolute Gasteiger partial charge is 0.361 e. The van der Waals surface area contributed by atoms with Gasteiger partial charge in [-0.15, -0.1) is 0 Å². The predicted molar refractivity (Wildman–Crippen MR) is 112 cm³/mol. The number of pyridine rings is 1. The molecule has 4 rings (SSSR count). The highest BCUT2D eigenvalue weighted by Crippen LogP contribution is 2.24. The first-order chi connectivity index (χ1) is 14.5. The Bertz CT molecular complexity index is 1110. The highest BCUT2D eigenvalue weighted by Gasteiger charge is 2.25. The van der Waals surface area contributed by atoms with Gasteiger partial charge in [0.2, 0.25) is 0 Å². The molecule has 4 aromatic rings. The topological polar surface area (TPSA) is 94.1 Å². The van der Waals surface area contributed by atoms with E-state index in [1.807, 2.05) is 31.4 Å². The number of carbonyl (C=O) groups is 1. The molecule has 0 saturated carbocycles. The van der Waals surface area contributed by atoms with Crippen molar-refractivity contribution >= 4 is 17.2 Å². The summed E-state index contributed by atoms with van der Waals surface area (Å²) in [5, 5.41) is 15.3. The molecule has 1 amide bonds. The highest BCUT2D eigenvalue weighted by molar-refractivity contribution is 7.07. The highest BCUT2D eigenvalue weighted by atomic mass is 32.1. The minimum atomic E-state index is -0.280. The van der Waals surface area contributed by atoms with Crippen molar-refractivity contribution in [2.45, 2.75) is 39.7 Å². The Morgan fingerprint density at radius 1 is 1.13 bits per heavy atom.